The number of carbonyl (C=O) groups is 2. The maximum absolute atomic E-state index is 14.3. The molecule has 3 heterocycles. The van der Waals surface area contributed by atoms with Gasteiger partial charge in [-0.3, -0.25) is 24.4 Å². The van der Waals surface area contributed by atoms with Crippen molar-refractivity contribution in [3.8, 4) is 5.75 Å². The highest BCUT2D eigenvalue weighted by atomic mass is 31.2. The van der Waals surface area contributed by atoms with Gasteiger partial charge in [-0.15, -0.1) is 0 Å². The number of ether oxygens (including phenoxy) is 2. The zero-order valence-corrected chi connectivity index (χ0v) is 27.4. The molecule has 15 nitrogen and oxygen atoms in total. The Balaban J connectivity index is 1.39. The predicted octanol–water partition coefficient (Wildman–Crippen LogP) is 2.60. The van der Waals surface area contributed by atoms with Crippen molar-refractivity contribution in [1.29, 1.82) is 0 Å². The second-order valence-electron chi connectivity index (χ2n) is 13.2. The number of benzene rings is 2. The fourth-order valence-corrected chi connectivity index (χ4v) is 6.67. The molecule has 2 aliphatic heterocycles. The highest BCUT2D eigenvalue weighted by molar-refractivity contribution is 7.52. The summed E-state index contributed by atoms with van der Waals surface area (Å²) in [6.07, 6.45) is -2.79. The molecule has 7 atom stereocenters. The molecule has 7 N–H and O–H groups in total. The standard InChI is InChI=1S/C30H41N6O9P/c1-17(26(39)42-15-28(2,3)4)35-46(41,45-20-13-9-11-18-10-7-8-12-19(18)20)43-14-21-23(37)29(5,40)27(44-21)36-16-32-22-24(36)33-30(6,31)34-25(22)38/h7-13,16-17,21,23,27,33,37,40H,14-15,31H2,1-6H3,(H,34,38)(H,35,41)/t17-,21+,23+,27?,29+,30?,46?/m0/s1. The third-order valence-electron chi connectivity index (χ3n) is 7.50. The van der Waals surface area contributed by atoms with E-state index in [-0.39, 0.29) is 29.3 Å². The van der Waals surface area contributed by atoms with E-state index in [1.165, 1.54) is 31.7 Å². The van der Waals surface area contributed by atoms with Crippen molar-refractivity contribution < 1.29 is 42.9 Å². The lowest BCUT2D eigenvalue weighted by atomic mass is 9.96. The number of hydrogen-bond acceptors (Lipinski definition) is 12. The van der Waals surface area contributed by atoms with E-state index in [0.717, 1.165) is 5.39 Å². The van der Waals surface area contributed by atoms with Crippen LogP contribution < -0.4 is 26.0 Å². The van der Waals surface area contributed by atoms with Crippen molar-refractivity contribution in [3.05, 3.63) is 54.5 Å². The summed E-state index contributed by atoms with van der Waals surface area (Å²) >= 11 is 0. The maximum Gasteiger partial charge on any atom is 0.459 e. The van der Waals surface area contributed by atoms with Gasteiger partial charge in [0.05, 0.1) is 19.5 Å². The number of aromatic nitrogens is 2. The van der Waals surface area contributed by atoms with Crippen LogP contribution in [0.1, 0.15) is 58.3 Å². The fraction of sp³-hybridized carbons (Fsp3) is 0.500. The molecule has 5 rings (SSSR count). The normalized spacial score (nSPS) is 28.1. The van der Waals surface area contributed by atoms with E-state index in [2.05, 4.69) is 20.7 Å². The number of esters is 1. The molecule has 0 aliphatic carbocycles. The largest absolute Gasteiger partial charge is 0.464 e. The van der Waals surface area contributed by atoms with Gasteiger partial charge in [0.1, 0.15) is 35.4 Å². The lowest BCUT2D eigenvalue weighted by molar-refractivity contribution is -0.148. The van der Waals surface area contributed by atoms with Crippen LogP contribution in [0.2, 0.25) is 0 Å². The van der Waals surface area contributed by atoms with Crippen LogP contribution in [0.25, 0.3) is 10.8 Å². The number of nitrogens with zero attached hydrogens (tertiary/aromatic N) is 2. The Bertz CT molecular complexity index is 1660. The van der Waals surface area contributed by atoms with E-state index in [0.29, 0.717) is 5.39 Å². The Morgan fingerprint density at radius 2 is 1.91 bits per heavy atom. The first-order chi connectivity index (χ1) is 21.4. The molecule has 0 bridgehead atoms. The summed E-state index contributed by atoms with van der Waals surface area (Å²) in [7, 11) is -4.39. The van der Waals surface area contributed by atoms with Crippen LogP contribution in [0, 0.1) is 5.41 Å². The summed E-state index contributed by atoms with van der Waals surface area (Å²) < 4.78 is 38.9. The molecular formula is C30H41N6O9P. The van der Waals surface area contributed by atoms with Crippen LogP contribution in [0.3, 0.4) is 0 Å². The van der Waals surface area contributed by atoms with Crippen LogP contribution in [0.15, 0.2) is 48.8 Å². The first-order valence-corrected chi connectivity index (χ1v) is 16.3. The first kappa shape index (κ1) is 33.8. The Morgan fingerprint density at radius 3 is 2.63 bits per heavy atom. The van der Waals surface area contributed by atoms with Crippen molar-refractivity contribution in [1.82, 2.24) is 20.0 Å². The van der Waals surface area contributed by atoms with Gasteiger partial charge in [0, 0.05) is 5.39 Å². The third kappa shape index (κ3) is 7.05. The van der Waals surface area contributed by atoms with Crippen LogP contribution in [-0.4, -0.2) is 74.5 Å². The number of aliphatic hydroxyl groups is 2. The molecule has 3 aromatic rings. The molecule has 16 heteroatoms. The third-order valence-corrected chi connectivity index (χ3v) is 9.13. The summed E-state index contributed by atoms with van der Waals surface area (Å²) in [4.78, 5) is 29.5. The SMILES string of the molecule is C[C@H](NP(=O)(OC[C@H]1OC(n2cnc3c2NC(C)(N)NC3=O)[C@](C)(O)[C@@H]1O)Oc1cccc2ccccc12)C(=O)OCC(C)(C)C. The number of aliphatic hydroxyl groups excluding tert-OH is 1. The van der Waals surface area contributed by atoms with E-state index in [1.54, 1.807) is 24.3 Å². The Hall–Kier alpha value is -3.56. The van der Waals surface area contributed by atoms with Gasteiger partial charge in [-0.2, -0.15) is 5.09 Å². The van der Waals surface area contributed by atoms with Gasteiger partial charge in [-0.05, 0) is 37.6 Å². The summed E-state index contributed by atoms with van der Waals surface area (Å²) in [6.45, 7) is 9.65. The van der Waals surface area contributed by atoms with Crippen molar-refractivity contribution in [2.75, 3.05) is 18.5 Å². The molecule has 250 valence electrons. The molecular weight excluding hydrogens is 619 g/mol. The van der Waals surface area contributed by atoms with E-state index in [1.807, 2.05) is 39.0 Å². The van der Waals surface area contributed by atoms with Gasteiger partial charge in [-0.1, -0.05) is 57.2 Å². The quantitative estimate of drug-likeness (QED) is 0.137. The maximum atomic E-state index is 14.3. The van der Waals surface area contributed by atoms with E-state index >= 15 is 0 Å². The molecule has 3 unspecified atom stereocenters. The van der Waals surface area contributed by atoms with Crippen molar-refractivity contribution in [2.24, 2.45) is 11.1 Å². The molecule has 0 saturated carbocycles. The number of amides is 1. The summed E-state index contributed by atoms with van der Waals surface area (Å²) in [5.74, 6) is -2.14. The second-order valence-corrected chi connectivity index (χ2v) is 14.9. The lowest BCUT2D eigenvalue weighted by Gasteiger charge is -2.35. The molecule has 1 aromatic heterocycles. The zero-order valence-electron chi connectivity index (χ0n) is 26.5. The van der Waals surface area contributed by atoms with Gasteiger partial charge < -0.3 is 34.8 Å². The lowest BCUT2D eigenvalue weighted by Crippen LogP contribution is -2.62. The molecule has 0 radical (unpaired) electrons. The average molecular weight is 661 g/mol. The number of fused-ring (bicyclic) bond motifs is 2. The number of nitrogens with two attached hydrogens (primary N) is 1. The van der Waals surface area contributed by atoms with E-state index in [9.17, 15) is 24.4 Å². The number of carbonyl (C=O) groups excluding carboxylic acids is 2. The molecule has 0 spiro atoms. The topological polar surface area (TPSA) is 209 Å². The zero-order chi connectivity index (χ0) is 33.7. The molecule has 1 amide bonds. The summed E-state index contributed by atoms with van der Waals surface area (Å²) in [5.41, 5.74) is 3.87. The predicted molar refractivity (Wildman–Crippen MR) is 168 cm³/mol. The Morgan fingerprint density at radius 1 is 1.22 bits per heavy atom. The fourth-order valence-electron chi connectivity index (χ4n) is 5.15. The van der Waals surface area contributed by atoms with Gasteiger partial charge in [-0.25, -0.2) is 9.55 Å². The summed E-state index contributed by atoms with van der Waals surface area (Å²) in [5, 5.41) is 32.1. The number of imidazole rings is 1. The van der Waals surface area contributed by atoms with Crippen molar-refractivity contribution >= 4 is 36.2 Å². The second kappa shape index (κ2) is 12.2. The highest BCUT2D eigenvalue weighted by Gasteiger charge is 2.55. The number of anilines is 1. The monoisotopic (exact) mass is 660 g/mol. The van der Waals surface area contributed by atoms with Crippen LogP contribution in [-0.2, 0) is 23.4 Å². The Labute approximate surface area is 266 Å². The minimum Gasteiger partial charge on any atom is -0.464 e. The number of hydrogen-bond donors (Lipinski definition) is 6. The van der Waals surface area contributed by atoms with Gasteiger partial charge in [0.25, 0.3) is 5.91 Å². The van der Waals surface area contributed by atoms with Gasteiger partial charge >= 0.3 is 13.7 Å². The van der Waals surface area contributed by atoms with Crippen molar-refractivity contribution in [3.63, 3.8) is 0 Å². The van der Waals surface area contributed by atoms with Gasteiger partial charge in [0.2, 0.25) is 0 Å². The average Bonchev–Trinajstić information content (AvgIpc) is 3.47. The molecule has 1 fully saturated rings. The first-order valence-electron chi connectivity index (χ1n) is 14.8. The number of rotatable bonds is 10. The van der Waals surface area contributed by atoms with E-state index < -0.39 is 62.1 Å². The van der Waals surface area contributed by atoms with Crippen molar-refractivity contribution in [2.45, 2.75) is 77.4 Å². The minimum atomic E-state index is -4.39. The molecule has 46 heavy (non-hydrogen) atoms. The van der Waals surface area contributed by atoms with Crippen LogP contribution in [0.5, 0.6) is 5.75 Å². The summed E-state index contributed by atoms with van der Waals surface area (Å²) in [6, 6.07) is 11.4. The van der Waals surface area contributed by atoms with Crippen LogP contribution >= 0.6 is 7.75 Å². The van der Waals surface area contributed by atoms with E-state index in [4.69, 9.17) is 24.3 Å². The Kier molecular flexibility index (Phi) is 8.98. The molecule has 1 saturated heterocycles. The smallest absolute Gasteiger partial charge is 0.459 e. The minimum absolute atomic E-state index is 0.0148. The molecule has 2 aromatic carbocycles. The van der Waals surface area contributed by atoms with Crippen LogP contribution in [0.4, 0.5) is 5.82 Å². The molecule has 2 aliphatic rings. The number of nitrogens with one attached hydrogen (secondary N) is 3. The highest BCUT2D eigenvalue weighted by Crippen LogP contribution is 2.49. The van der Waals surface area contributed by atoms with Gasteiger partial charge in [0.15, 0.2) is 17.7 Å².